The van der Waals surface area contributed by atoms with Crippen molar-refractivity contribution in [3.63, 3.8) is 0 Å². The van der Waals surface area contributed by atoms with Gasteiger partial charge in [0.2, 0.25) is 10.0 Å². The summed E-state index contributed by atoms with van der Waals surface area (Å²) in [5.74, 6) is 0.372. The zero-order chi connectivity index (χ0) is 14.9. The van der Waals surface area contributed by atoms with Crippen molar-refractivity contribution in [3.8, 4) is 0 Å². The monoisotopic (exact) mass is 348 g/mol. The molecule has 2 saturated heterocycles. The van der Waals surface area contributed by atoms with E-state index in [1.165, 1.54) is 30.6 Å². The smallest absolute Gasteiger partial charge is 0.243 e. The minimum absolute atomic E-state index is 0.372. The molecular weight excluding hydrogens is 328 g/mol. The highest BCUT2D eigenvalue weighted by Gasteiger charge is 2.35. The number of sulfonamides is 1. The van der Waals surface area contributed by atoms with Crippen LogP contribution in [-0.2, 0) is 15.9 Å². The second-order valence-electron chi connectivity index (χ2n) is 5.78. The molecular formula is C14H21ClN2O2S2. The SMILES string of the molecule is O=S(=O)(c1csc(CCl)c1)N1CCC(N2CCCCC2)C1. The third-order valence-corrected chi connectivity index (χ3v) is 7.81. The van der Waals surface area contributed by atoms with Crippen molar-refractivity contribution in [2.75, 3.05) is 26.2 Å². The maximum Gasteiger partial charge on any atom is 0.243 e. The van der Waals surface area contributed by atoms with Crippen LogP contribution in [-0.4, -0.2) is 49.8 Å². The molecule has 0 radical (unpaired) electrons. The van der Waals surface area contributed by atoms with Crippen LogP contribution in [0.3, 0.4) is 0 Å². The quantitative estimate of drug-likeness (QED) is 0.785. The number of hydrogen-bond donors (Lipinski definition) is 0. The molecule has 0 N–H and O–H groups in total. The molecule has 0 bridgehead atoms. The van der Waals surface area contributed by atoms with Gasteiger partial charge in [-0.15, -0.1) is 22.9 Å². The fourth-order valence-electron chi connectivity index (χ4n) is 3.23. The van der Waals surface area contributed by atoms with Crippen LogP contribution in [0.25, 0.3) is 0 Å². The first-order chi connectivity index (χ1) is 10.1. The predicted molar refractivity (Wildman–Crippen MR) is 86.5 cm³/mol. The van der Waals surface area contributed by atoms with Gasteiger partial charge in [-0.2, -0.15) is 4.31 Å². The Hall–Kier alpha value is -0.140. The van der Waals surface area contributed by atoms with E-state index in [1.54, 1.807) is 15.8 Å². The van der Waals surface area contributed by atoms with Crippen LogP contribution >= 0.6 is 22.9 Å². The minimum Gasteiger partial charge on any atom is -0.299 e. The largest absolute Gasteiger partial charge is 0.299 e. The zero-order valence-corrected chi connectivity index (χ0v) is 14.4. The van der Waals surface area contributed by atoms with Gasteiger partial charge in [0.1, 0.15) is 0 Å². The second-order valence-corrected chi connectivity index (χ2v) is 8.99. The van der Waals surface area contributed by atoms with Crippen molar-refractivity contribution in [2.24, 2.45) is 0 Å². The number of rotatable bonds is 4. The van der Waals surface area contributed by atoms with Gasteiger partial charge in [0, 0.05) is 29.4 Å². The molecule has 1 aromatic rings. The number of likely N-dealkylation sites (tertiary alicyclic amines) is 1. The molecule has 1 atom stereocenters. The number of hydrogen-bond acceptors (Lipinski definition) is 4. The second kappa shape index (κ2) is 6.54. The van der Waals surface area contributed by atoms with Gasteiger partial charge < -0.3 is 0 Å². The summed E-state index contributed by atoms with van der Waals surface area (Å²) in [6.45, 7) is 3.50. The molecule has 4 nitrogen and oxygen atoms in total. The summed E-state index contributed by atoms with van der Waals surface area (Å²) in [6, 6.07) is 2.10. The van der Waals surface area contributed by atoms with Crippen LogP contribution in [0.1, 0.15) is 30.6 Å². The topological polar surface area (TPSA) is 40.6 Å². The van der Waals surface area contributed by atoms with Crippen molar-refractivity contribution in [3.05, 3.63) is 16.3 Å². The number of thiophene rings is 1. The third kappa shape index (κ3) is 3.29. The number of alkyl halides is 1. The van der Waals surface area contributed by atoms with Gasteiger partial charge in [-0.1, -0.05) is 6.42 Å². The van der Waals surface area contributed by atoms with E-state index in [4.69, 9.17) is 11.6 Å². The normalized spacial score (nSPS) is 25.5. The highest BCUT2D eigenvalue weighted by molar-refractivity contribution is 7.89. The average Bonchev–Trinajstić information content (AvgIpc) is 3.18. The Kier molecular flexibility index (Phi) is 4.90. The van der Waals surface area contributed by atoms with E-state index >= 15 is 0 Å². The molecule has 1 aromatic heterocycles. The average molecular weight is 349 g/mol. The Morgan fingerprint density at radius 1 is 1.24 bits per heavy atom. The summed E-state index contributed by atoms with van der Waals surface area (Å²) in [7, 11) is -3.34. The van der Waals surface area contributed by atoms with Gasteiger partial charge in [-0.05, 0) is 38.4 Å². The molecule has 7 heteroatoms. The number of piperidine rings is 1. The van der Waals surface area contributed by atoms with Crippen LogP contribution in [0.5, 0.6) is 0 Å². The third-order valence-electron chi connectivity index (χ3n) is 4.43. The van der Waals surface area contributed by atoms with Crippen molar-refractivity contribution in [1.29, 1.82) is 0 Å². The predicted octanol–water partition coefficient (Wildman–Crippen LogP) is 2.74. The maximum atomic E-state index is 12.7. The summed E-state index contributed by atoms with van der Waals surface area (Å²) >= 11 is 7.19. The molecule has 0 aromatic carbocycles. The number of nitrogens with zero attached hydrogens (tertiary/aromatic N) is 2. The van der Waals surface area contributed by atoms with E-state index in [9.17, 15) is 8.42 Å². The van der Waals surface area contributed by atoms with E-state index in [0.717, 1.165) is 24.4 Å². The van der Waals surface area contributed by atoms with Gasteiger partial charge in [0.05, 0.1) is 10.8 Å². The van der Waals surface area contributed by atoms with Gasteiger partial charge in [0.15, 0.2) is 0 Å². The highest BCUT2D eigenvalue weighted by Crippen LogP contribution is 2.28. The maximum absolute atomic E-state index is 12.7. The summed E-state index contributed by atoms with van der Waals surface area (Å²) in [6.07, 6.45) is 4.74. The molecule has 0 spiro atoms. The first kappa shape index (κ1) is 15.7. The van der Waals surface area contributed by atoms with E-state index in [2.05, 4.69) is 4.90 Å². The first-order valence-corrected chi connectivity index (χ1v) is 10.3. The molecule has 0 saturated carbocycles. The Bertz CT molecular complexity index is 582. The number of halogens is 1. The molecule has 2 aliphatic rings. The van der Waals surface area contributed by atoms with E-state index in [0.29, 0.717) is 29.9 Å². The highest BCUT2D eigenvalue weighted by atomic mass is 35.5. The Morgan fingerprint density at radius 3 is 2.67 bits per heavy atom. The molecule has 0 amide bonds. The molecule has 2 fully saturated rings. The molecule has 21 heavy (non-hydrogen) atoms. The Balaban J connectivity index is 1.69. The minimum atomic E-state index is -3.34. The lowest BCUT2D eigenvalue weighted by Crippen LogP contribution is -2.41. The lowest BCUT2D eigenvalue weighted by Gasteiger charge is -2.32. The summed E-state index contributed by atoms with van der Waals surface area (Å²) in [5, 5.41) is 1.71. The van der Waals surface area contributed by atoms with Crippen molar-refractivity contribution >= 4 is 33.0 Å². The van der Waals surface area contributed by atoms with Crippen molar-refractivity contribution in [2.45, 2.75) is 42.5 Å². The van der Waals surface area contributed by atoms with Crippen LogP contribution < -0.4 is 0 Å². The summed E-state index contributed by atoms with van der Waals surface area (Å²) in [4.78, 5) is 3.78. The Morgan fingerprint density at radius 2 is 2.00 bits per heavy atom. The molecule has 118 valence electrons. The lowest BCUT2D eigenvalue weighted by atomic mass is 10.1. The van der Waals surface area contributed by atoms with E-state index in [1.807, 2.05) is 0 Å². The van der Waals surface area contributed by atoms with Crippen LogP contribution in [0.2, 0.25) is 0 Å². The van der Waals surface area contributed by atoms with Gasteiger partial charge >= 0.3 is 0 Å². The van der Waals surface area contributed by atoms with Gasteiger partial charge in [-0.25, -0.2) is 8.42 Å². The molecule has 3 rings (SSSR count). The van der Waals surface area contributed by atoms with Crippen LogP contribution in [0, 0.1) is 0 Å². The fraction of sp³-hybridized carbons (Fsp3) is 0.714. The van der Waals surface area contributed by atoms with Crippen molar-refractivity contribution in [1.82, 2.24) is 9.21 Å². The fourth-order valence-corrected chi connectivity index (χ4v) is 6.09. The molecule has 2 aliphatic heterocycles. The van der Waals surface area contributed by atoms with Crippen LogP contribution in [0.4, 0.5) is 0 Å². The molecule has 3 heterocycles. The summed E-state index contributed by atoms with van der Waals surface area (Å²) in [5.41, 5.74) is 0. The molecule has 0 aliphatic carbocycles. The Labute approximate surface area is 135 Å². The first-order valence-electron chi connectivity index (χ1n) is 7.49. The van der Waals surface area contributed by atoms with E-state index in [-0.39, 0.29) is 0 Å². The van der Waals surface area contributed by atoms with Gasteiger partial charge in [-0.3, -0.25) is 4.90 Å². The van der Waals surface area contributed by atoms with Crippen molar-refractivity contribution < 1.29 is 8.42 Å². The van der Waals surface area contributed by atoms with E-state index < -0.39 is 10.0 Å². The van der Waals surface area contributed by atoms with Crippen LogP contribution in [0.15, 0.2) is 16.3 Å². The van der Waals surface area contributed by atoms with Gasteiger partial charge in [0.25, 0.3) is 0 Å². The molecule has 1 unspecified atom stereocenters. The zero-order valence-electron chi connectivity index (χ0n) is 12.0. The standard InChI is InChI=1S/C14H21ClN2O2S2/c15-9-13-8-14(11-20-13)21(18,19)17-7-4-12(10-17)16-5-2-1-3-6-16/h8,11-12H,1-7,9-10H2. The lowest BCUT2D eigenvalue weighted by molar-refractivity contribution is 0.169. The summed E-state index contributed by atoms with van der Waals surface area (Å²) < 4.78 is 27.0.